The minimum atomic E-state index is -0.506. The third kappa shape index (κ3) is 4.39. The first kappa shape index (κ1) is 15.7. The van der Waals surface area contributed by atoms with Crippen LogP contribution in [0.1, 0.15) is 20.8 Å². The smallest absolute Gasteiger partial charge is 0.410 e. The molecule has 0 N–H and O–H groups in total. The van der Waals surface area contributed by atoms with Gasteiger partial charge in [0.15, 0.2) is 0 Å². The summed E-state index contributed by atoms with van der Waals surface area (Å²) in [5.74, 6) is 0.705. The van der Waals surface area contributed by atoms with E-state index in [1.54, 1.807) is 29.2 Å². The maximum absolute atomic E-state index is 12.0. The number of benzene rings is 1. The zero-order valence-electron chi connectivity index (χ0n) is 12.6. The van der Waals surface area contributed by atoms with E-state index < -0.39 is 5.60 Å². The fourth-order valence-corrected chi connectivity index (χ4v) is 2.13. The van der Waals surface area contributed by atoms with Crippen molar-refractivity contribution in [2.75, 3.05) is 13.1 Å². The van der Waals surface area contributed by atoms with Gasteiger partial charge in [-0.3, -0.25) is 0 Å². The van der Waals surface area contributed by atoms with E-state index >= 15 is 0 Å². The summed E-state index contributed by atoms with van der Waals surface area (Å²) < 4.78 is 11.2. The number of amides is 1. The lowest BCUT2D eigenvalue weighted by Gasteiger charge is -2.24. The molecular formula is C16H20ClNO3. The monoisotopic (exact) mass is 309 g/mol. The molecule has 1 saturated heterocycles. The molecule has 114 valence electrons. The maximum Gasteiger partial charge on any atom is 0.410 e. The van der Waals surface area contributed by atoms with Crippen LogP contribution in [0.5, 0.6) is 5.75 Å². The van der Waals surface area contributed by atoms with Gasteiger partial charge in [-0.15, -0.1) is 0 Å². The second-order valence-corrected chi connectivity index (χ2v) is 6.52. The number of hydrogen-bond donors (Lipinski definition) is 0. The first-order valence-corrected chi connectivity index (χ1v) is 7.20. The molecule has 2 rings (SSSR count). The Bertz CT molecular complexity index is 533. The number of rotatable bonds is 2. The molecule has 0 saturated carbocycles. The zero-order valence-corrected chi connectivity index (χ0v) is 13.3. The molecule has 1 aromatic carbocycles. The Morgan fingerprint density at radius 1 is 1.33 bits per heavy atom. The largest absolute Gasteiger partial charge is 0.484 e. The molecule has 1 aromatic rings. The molecule has 1 atom stereocenters. The van der Waals surface area contributed by atoms with Crippen molar-refractivity contribution in [3.8, 4) is 5.75 Å². The molecule has 0 unspecified atom stereocenters. The van der Waals surface area contributed by atoms with Crippen LogP contribution < -0.4 is 4.74 Å². The van der Waals surface area contributed by atoms with Gasteiger partial charge in [0.25, 0.3) is 0 Å². The van der Waals surface area contributed by atoms with Crippen molar-refractivity contribution in [3.63, 3.8) is 0 Å². The Balaban J connectivity index is 1.96. The summed E-state index contributed by atoms with van der Waals surface area (Å²) in [5.41, 5.74) is 0.351. The maximum atomic E-state index is 12.0. The van der Waals surface area contributed by atoms with Gasteiger partial charge < -0.3 is 14.4 Å². The van der Waals surface area contributed by atoms with Crippen LogP contribution in [0, 0.1) is 0 Å². The van der Waals surface area contributed by atoms with Gasteiger partial charge >= 0.3 is 6.09 Å². The van der Waals surface area contributed by atoms with E-state index in [1.165, 1.54) is 0 Å². The Hall–Kier alpha value is -1.68. The quantitative estimate of drug-likeness (QED) is 0.778. The molecule has 0 aliphatic carbocycles. The van der Waals surface area contributed by atoms with E-state index in [2.05, 4.69) is 6.58 Å². The molecule has 0 bridgehead atoms. The zero-order chi connectivity index (χ0) is 15.6. The Morgan fingerprint density at radius 2 is 1.95 bits per heavy atom. The summed E-state index contributed by atoms with van der Waals surface area (Å²) in [7, 11) is 0. The average Bonchev–Trinajstić information content (AvgIpc) is 2.72. The molecule has 1 fully saturated rings. The van der Waals surface area contributed by atoms with Crippen LogP contribution in [0.4, 0.5) is 4.79 Å². The van der Waals surface area contributed by atoms with Crippen molar-refractivity contribution in [2.45, 2.75) is 32.5 Å². The first-order chi connectivity index (χ1) is 9.74. The molecule has 1 aliphatic rings. The minimum Gasteiger partial charge on any atom is -0.484 e. The third-order valence-electron chi connectivity index (χ3n) is 2.98. The van der Waals surface area contributed by atoms with Crippen molar-refractivity contribution < 1.29 is 14.3 Å². The molecular weight excluding hydrogens is 290 g/mol. The van der Waals surface area contributed by atoms with Crippen LogP contribution in [0.25, 0.3) is 0 Å². The standard InChI is InChI=1S/C16H20ClNO3/c1-11-9-18(15(19)21-16(2,3)4)10-14(11)20-13-7-5-12(17)6-8-13/h5-8,14H,1,9-10H2,2-4H3/t14-/m0/s1. The molecule has 1 amide bonds. The van der Waals surface area contributed by atoms with Crippen LogP contribution in [0.15, 0.2) is 36.4 Å². The highest BCUT2D eigenvalue weighted by Crippen LogP contribution is 2.24. The Morgan fingerprint density at radius 3 is 2.52 bits per heavy atom. The molecule has 4 nitrogen and oxygen atoms in total. The molecule has 1 aliphatic heterocycles. The van der Waals surface area contributed by atoms with Crippen molar-refractivity contribution in [3.05, 3.63) is 41.4 Å². The Kier molecular flexibility index (Phi) is 4.47. The summed E-state index contributed by atoms with van der Waals surface area (Å²) >= 11 is 5.84. The van der Waals surface area contributed by atoms with E-state index in [-0.39, 0.29) is 12.2 Å². The third-order valence-corrected chi connectivity index (χ3v) is 3.23. The number of halogens is 1. The predicted molar refractivity (Wildman–Crippen MR) is 82.8 cm³/mol. The number of carbonyl (C=O) groups is 1. The molecule has 0 aromatic heterocycles. The number of carbonyl (C=O) groups excluding carboxylic acids is 1. The van der Waals surface area contributed by atoms with Gasteiger partial charge in [-0.25, -0.2) is 4.79 Å². The first-order valence-electron chi connectivity index (χ1n) is 6.82. The van der Waals surface area contributed by atoms with Crippen LogP contribution in [-0.4, -0.2) is 35.8 Å². The highest BCUT2D eigenvalue weighted by molar-refractivity contribution is 6.30. The summed E-state index contributed by atoms with van der Waals surface area (Å²) in [6.07, 6.45) is -0.565. The summed E-state index contributed by atoms with van der Waals surface area (Å²) in [5, 5.41) is 0.656. The second kappa shape index (κ2) is 5.98. The fourth-order valence-electron chi connectivity index (χ4n) is 2.00. The summed E-state index contributed by atoms with van der Waals surface area (Å²) in [4.78, 5) is 13.6. The second-order valence-electron chi connectivity index (χ2n) is 6.08. The molecule has 1 heterocycles. The van der Waals surface area contributed by atoms with Crippen LogP contribution in [0.3, 0.4) is 0 Å². The van der Waals surface area contributed by atoms with E-state index in [0.717, 1.165) is 5.57 Å². The Labute approximate surface area is 130 Å². The van der Waals surface area contributed by atoms with Gasteiger partial charge in [-0.05, 0) is 50.6 Å². The lowest BCUT2D eigenvalue weighted by Crippen LogP contribution is -2.36. The van der Waals surface area contributed by atoms with Crippen molar-refractivity contribution in [2.24, 2.45) is 0 Å². The highest BCUT2D eigenvalue weighted by Gasteiger charge is 2.33. The fraction of sp³-hybridized carbons (Fsp3) is 0.438. The van der Waals surface area contributed by atoms with Gasteiger partial charge in [-0.1, -0.05) is 18.2 Å². The number of nitrogens with zero attached hydrogens (tertiary/aromatic N) is 1. The van der Waals surface area contributed by atoms with Gasteiger partial charge in [0.2, 0.25) is 0 Å². The van der Waals surface area contributed by atoms with Crippen molar-refractivity contribution in [1.29, 1.82) is 0 Å². The lowest BCUT2D eigenvalue weighted by molar-refractivity contribution is 0.0276. The number of likely N-dealkylation sites (tertiary alicyclic amines) is 1. The van der Waals surface area contributed by atoms with Crippen molar-refractivity contribution >= 4 is 17.7 Å². The lowest BCUT2D eigenvalue weighted by atomic mass is 10.2. The van der Waals surface area contributed by atoms with E-state index in [1.807, 2.05) is 20.8 Å². The van der Waals surface area contributed by atoms with Crippen LogP contribution in [-0.2, 0) is 4.74 Å². The minimum absolute atomic E-state index is 0.223. The van der Waals surface area contributed by atoms with E-state index in [0.29, 0.717) is 23.9 Å². The molecule has 0 spiro atoms. The van der Waals surface area contributed by atoms with E-state index in [9.17, 15) is 4.79 Å². The predicted octanol–water partition coefficient (Wildman–Crippen LogP) is 3.89. The summed E-state index contributed by atoms with van der Waals surface area (Å²) in [6, 6.07) is 7.12. The molecule has 0 radical (unpaired) electrons. The van der Waals surface area contributed by atoms with Gasteiger partial charge in [-0.2, -0.15) is 0 Å². The normalized spacial score (nSPS) is 18.8. The van der Waals surface area contributed by atoms with Gasteiger partial charge in [0, 0.05) is 11.6 Å². The number of ether oxygens (including phenoxy) is 2. The van der Waals surface area contributed by atoms with Crippen molar-refractivity contribution in [1.82, 2.24) is 4.90 Å². The van der Waals surface area contributed by atoms with Crippen LogP contribution in [0.2, 0.25) is 5.02 Å². The molecule has 5 heteroatoms. The van der Waals surface area contributed by atoms with E-state index in [4.69, 9.17) is 21.1 Å². The summed E-state index contributed by atoms with van der Waals surface area (Å²) in [6.45, 7) is 10.4. The van der Waals surface area contributed by atoms with Crippen LogP contribution >= 0.6 is 11.6 Å². The topological polar surface area (TPSA) is 38.8 Å². The SMILES string of the molecule is C=C1CN(C(=O)OC(C)(C)C)C[C@@H]1Oc1ccc(Cl)cc1. The highest BCUT2D eigenvalue weighted by atomic mass is 35.5. The molecule has 21 heavy (non-hydrogen) atoms. The van der Waals surface area contributed by atoms with Gasteiger partial charge in [0.1, 0.15) is 17.5 Å². The van der Waals surface area contributed by atoms with Gasteiger partial charge in [0.05, 0.1) is 6.54 Å². The number of hydrogen-bond acceptors (Lipinski definition) is 3. The average molecular weight is 310 g/mol.